The van der Waals surface area contributed by atoms with Crippen LogP contribution in [0.4, 0.5) is 5.82 Å². The Labute approximate surface area is 89.7 Å². The zero-order valence-corrected chi connectivity index (χ0v) is 9.07. The van der Waals surface area contributed by atoms with Gasteiger partial charge < -0.3 is 5.32 Å². The Morgan fingerprint density at radius 3 is 3.00 bits per heavy atom. The third kappa shape index (κ3) is 2.19. The molecule has 0 spiro atoms. The van der Waals surface area contributed by atoms with Gasteiger partial charge in [-0.15, -0.1) is 0 Å². The van der Waals surface area contributed by atoms with E-state index in [2.05, 4.69) is 10.4 Å². The number of nitrogens with one attached hydrogen (secondary N) is 1. The van der Waals surface area contributed by atoms with Crippen LogP contribution >= 0.6 is 0 Å². The number of hydrogen-bond donors (Lipinski definition) is 1. The molecule has 1 aliphatic rings. The van der Waals surface area contributed by atoms with Gasteiger partial charge in [-0.25, -0.2) is 4.68 Å². The lowest BCUT2D eigenvalue weighted by Crippen LogP contribution is -2.16. The number of nitrogens with zero attached hydrogens (tertiary/aromatic N) is 2. The molecule has 1 N–H and O–H groups in total. The SMILES string of the molecule is CCC(=O)Nc1ccnn1C1CCCC1. The molecule has 4 heteroatoms. The minimum absolute atomic E-state index is 0.0507. The average molecular weight is 207 g/mol. The van der Waals surface area contributed by atoms with Crippen LogP contribution in [-0.2, 0) is 4.79 Å². The Morgan fingerprint density at radius 1 is 1.60 bits per heavy atom. The molecule has 1 aliphatic carbocycles. The molecule has 0 aliphatic heterocycles. The van der Waals surface area contributed by atoms with Gasteiger partial charge in [0.15, 0.2) is 0 Å². The predicted octanol–water partition coefficient (Wildman–Crippen LogP) is 2.35. The number of amides is 1. The molecule has 1 saturated carbocycles. The summed E-state index contributed by atoms with van der Waals surface area (Å²) >= 11 is 0. The quantitative estimate of drug-likeness (QED) is 0.827. The van der Waals surface area contributed by atoms with E-state index in [1.807, 2.05) is 17.7 Å². The van der Waals surface area contributed by atoms with E-state index in [4.69, 9.17) is 0 Å². The molecule has 1 fully saturated rings. The van der Waals surface area contributed by atoms with Gasteiger partial charge in [-0.1, -0.05) is 19.8 Å². The minimum atomic E-state index is 0.0507. The Bertz CT molecular complexity index is 339. The summed E-state index contributed by atoms with van der Waals surface area (Å²) in [7, 11) is 0. The fourth-order valence-corrected chi connectivity index (χ4v) is 2.08. The topological polar surface area (TPSA) is 46.9 Å². The van der Waals surface area contributed by atoms with E-state index >= 15 is 0 Å². The first-order chi connectivity index (χ1) is 7.31. The van der Waals surface area contributed by atoms with E-state index in [1.165, 1.54) is 25.7 Å². The smallest absolute Gasteiger partial charge is 0.225 e. The van der Waals surface area contributed by atoms with Gasteiger partial charge in [0.05, 0.1) is 12.2 Å². The maximum atomic E-state index is 11.3. The maximum Gasteiger partial charge on any atom is 0.225 e. The summed E-state index contributed by atoms with van der Waals surface area (Å²) in [4.78, 5) is 11.3. The van der Waals surface area contributed by atoms with E-state index < -0.39 is 0 Å². The number of anilines is 1. The Kier molecular flexibility index (Phi) is 3.04. The first kappa shape index (κ1) is 10.2. The van der Waals surface area contributed by atoms with Gasteiger partial charge in [0.2, 0.25) is 5.91 Å². The molecule has 0 unspecified atom stereocenters. The summed E-state index contributed by atoms with van der Waals surface area (Å²) in [6, 6.07) is 2.35. The van der Waals surface area contributed by atoms with E-state index in [9.17, 15) is 4.79 Å². The minimum Gasteiger partial charge on any atom is -0.311 e. The largest absolute Gasteiger partial charge is 0.311 e. The van der Waals surface area contributed by atoms with Crippen molar-refractivity contribution in [1.82, 2.24) is 9.78 Å². The molecule has 15 heavy (non-hydrogen) atoms. The highest BCUT2D eigenvalue weighted by Gasteiger charge is 2.20. The predicted molar refractivity (Wildman–Crippen MR) is 58.7 cm³/mol. The highest BCUT2D eigenvalue weighted by Crippen LogP contribution is 2.31. The van der Waals surface area contributed by atoms with Crippen LogP contribution in [0, 0.1) is 0 Å². The first-order valence-electron chi connectivity index (χ1n) is 5.64. The van der Waals surface area contributed by atoms with Gasteiger partial charge in [0.25, 0.3) is 0 Å². The normalized spacial score (nSPS) is 16.9. The zero-order valence-electron chi connectivity index (χ0n) is 9.07. The van der Waals surface area contributed by atoms with E-state index in [0.717, 1.165) is 5.82 Å². The lowest BCUT2D eigenvalue weighted by molar-refractivity contribution is -0.115. The Morgan fingerprint density at radius 2 is 2.33 bits per heavy atom. The van der Waals surface area contributed by atoms with E-state index in [-0.39, 0.29) is 5.91 Å². The molecular formula is C11H17N3O. The summed E-state index contributed by atoms with van der Waals surface area (Å²) in [5.74, 6) is 0.892. The molecule has 0 saturated heterocycles. The average Bonchev–Trinajstić information content (AvgIpc) is 2.86. The van der Waals surface area contributed by atoms with Crippen molar-refractivity contribution in [3.05, 3.63) is 12.3 Å². The molecule has 2 rings (SSSR count). The van der Waals surface area contributed by atoms with Crippen LogP contribution in [0.1, 0.15) is 45.1 Å². The van der Waals surface area contributed by atoms with Gasteiger partial charge >= 0.3 is 0 Å². The van der Waals surface area contributed by atoms with Crippen molar-refractivity contribution in [3.63, 3.8) is 0 Å². The molecule has 0 bridgehead atoms. The van der Waals surface area contributed by atoms with Crippen molar-refractivity contribution in [2.45, 2.75) is 45.1 Å². The molecule has 1 heterocycles. The fourth-order valence-electron chi connectivity index (χ4n) is 2.08. The Balaban J connectivity index is 2.10. The molecule has 0 aromatic carbocycles. The van der Waals surface area contributed by atoms with Crippen LogP contribution in [0.25, 0.3) is 0 Å². The van der Waals surface area contributed by atoms with Gasteiger partial charge in [-0.2, -0.15) is 5.10 Å². The summed E-state index contributed by atoms with van der Waals surface area (Å²) in [6.45, 7) is 1.85. The number of aromatic nitrogens is 2. The number of rotatable bonds is 3. The molecule has 0 atom stereocenters. The van der Waals surface area contributed by atoms with Crippen LogP contribution in [0.3, 0.4) is 0 Å². The lowest BCUT2D eigenvalue weighted by Gasteiger charge is -2.14. The zero-order chi connectivity index (χ0) is 10.7. The van der Waals surface area contributed by atoms with Gasteiger partial charge in [0, 0.05) is 12.5 Å². The van der Waals surface area contributed by atoms with Gasteiger partial charge in [0.1, 0.15) is 5.82 Å². The van der Waals surface area contributed by atoms with Crippen LogP contribution in [0.15, 0.2) is 12.3 Å². The van der Waals surface area contributed by atoms with E-state index in [0.29, 0.717) is 12.5 Å². The summed E-state index contributed by atoms with van der Waals surface area (Å²) in [5, 5.41) is 7.17. The van der Waals surface area contributed by atoms with Crippen LogP contribution in [-0.4, -0.2) is 15.7 Å². The van der Waals surface area contributed by atoms with Crippen molar-refractivity contribution in [3.8, 4) is 0 Å². The molecule has 1 aromatic rings. The number of carbonyl (C=O) groups excluding carboxylic acids is 1. The summed E-state index contributed by atoms with van der Waals surface area (Å²) in [6.07, 6.45) is 7.16. The first-order valence-corrected chi connectivity index (χ1v) is 5.64. The van der Waals surface area contributed by atoms with Crippen molar-refractivity contribution in [2.24, 2.45) is 0 Å². The highest BCUT2D eigenvalue weighted by atomic mass is 16.1. The fraction of sp³-hybridized carbons (Fsp3) is 0.636. The van der Waals surface area contributed by atoms with Gasteiger partial charge in [-0.05, 0) is 12.8 Å². The van der Waals surface area contributed by atoms with Crippen LogP contribution < -0.4 is 5.32 Å². The molecule has 82 valence electrons. The van der Waals surface area contributed by atoms with E-state index in [1.54, 1.807) is 6.20 Å². The standard InChI is InChI=1S/C11H17N3O/c1-2-11(15)13-10-7-8-12-14(10)9-5-3-4-6-9/h7-9H,2-6H2,1H3,(H,13,15). The van der Waals surface area contributed by atoms with Crippen molar-refractivity contribution in [1.29, 1.82) is 0 Å². The molecule has 0 radical (unpaired) electrons. The van der Waals surface area contributed by atoms with Crippen LogP contribution in [0.2, 0.25) is 0 Å². The monoisotopic (exact) mass is 207 g/mol. The second-order valence-electron chi connectivity index (χ2n) is 4.00. The second-order valence-corrected chi connectivity index (χ2v) is 4.00. The molecule has 1 aromatic heterocycles. The van der Waals surface area contributed by atoms with Crippen molar-refractivity contribution < 1.29 is 4.79 Å². The molecule has 4 nitrogen and oxygen atoms in total. The third-order valence-electron chi connectivity index (χ3n) is 2.93. The molecular weight excluding hydrogens is 190 g/mol. The lowest BCUT2D eigenvalue weighted by atomic mass is 10.2. The van der Waals surface area contributed by atoms with Crippen molar-refractivity contribution in [2.75, 3.05) is 5.32 Å². The Hall–Kier alpha value is -1.32. The van der Waals surface area contributed by atoms with Crippen LogP contribution in [0.5, 0.6) is 0 Å². The summed E-state index contributed by atoms with van der Waals surface area (Å²) in [5.41, 5.74) is 0. The third-order valence-corrected chi connectivity index (χ3v) is 2.93. The second kappa shape index (κ2) is 4.47. The maximum absolute atomic E-state index is 11.3. The highest BCUT2D eigenvalue weighted by molar-refractivity contribution is 5.89. The number of hydrogen-bond acceptors (Lipinski definition) is 2. The van der Waals surface area contributed by atoms with Gasteiger partial charge in [-0.3, -0.25) is 4.79 Å². The summed E-state index contributed by atoms with van der Waals surface area (Å²) < 4.78 is 1.96. The molecule has 1 amide bonds. The van der Waals surface area contributed by atoms with Crippen molar-refractivity contribution >= 4 is 11.7 Å². The number of carbonyl (C=O) groups is 1.